The first kappa shape index (κ1) is 14.2. The first-order valence-corrected chi connectivity index (χ1v) is 8.57. The first-order valence-electron chi connectivity index (χ1n) is 8.57. The summed E-state index contributed by atoms with van der Waals surface area (Å²) < 4.78 is 0. The zero-order valence-electron chi connectivity index (χ0n) is 14.0. The van der Waals surface area contributed by atoms with E-state index in [4.69, 9.17) is 0 Å². The molecule has 2 aliphatic rings. The lowest BCUT2D eigenvalue weighted by molar-refractivity contribution is 0.277. The van der Waals surface area contributed by atoms with Crippen molar-refractivity contribution in [3.05, 3.63) is 33.4 Å². The summed E-state index contributed by atoms with van der Waals surface area (Å²) in [5.74, 6) is 2.92. The van der Waals surface area contributed by atoms with E-state index in [0.717, 1.165) is 17.8 Å². The summed E-state index contributed by atoms with van der Waals surface area (Å²) in [7, 11) is 0. The van der Waals surface area contributed by atoms with Crippen molar-refractivity contribution < 1.29 is 0 Å². The molecule has 0 nitrogen and oxygen atoms in total. The molecular weight excluding hydrogens is 240 g/mol. The second-order valence-corrected chi connectivity index (χ2v) is 7.51. The molecule has 3 rings (SSSR count). The third-order valence-corrected chi connectivity index (χ3v) is 6.71. The Kier molecular flexibility index (Phi) is 3.69. The fourth-order valence-electron chi connectivity index (χ4n) is 5.11. The van der Waals surface area contributed by atoms with Crippen LogP contribution in [0, 0.1) is 46.5 Å². The third kappa shape index (κ3) is 2.12. The number of benzene rings is 1. The Morgan fingerprint density at radius 1 is 0.600 bits per heavy atom. The summed E-state index contributed by atoms with van der Waals surface area (Å²) in [6.45, 7) is 11.7. The second-order valence-electron chi connectivity index (χ2n) is 7.51. The Morgan fingerprint density at radius 2 is 1.00 bits per heavy atom. The molecule has 2 atom stereocenters. The average Bonchev–Trinajstić information content (AvgIpc) is 2.86. The lowest BCUT2D eigenvalue weighted by Gasteiger charge is -2.24. The molecule has 1 aromatic rings. The van der Waals surface area contributed by atoms with Crippen LogP contribution in [-0.2, 0) is 0 Å². The average molecular weight is 270 g/mol. The summed E-state index contributed by atoms with van der Waals surface area (Å²) in [5, 5.41) is 0. The topological polar surface area (TPSA) is 0 Å². The molecule has 2 unspecified atom stereocenters. The minimum atomic E-state index is 0.848. The van der Waals surface area contributed by atoms with Crippen LogP contribution in [0.2, 0.25) is 0 Å². The van der Waals surface area contributed by atoms with Gasteiger partial charge in [0.05, 0.1) is 0 Å². The fraction of sp³-hybridized carbons (Fsp3) is 0.700. The highest BCUT2D eigenvalue weighted by Crippen LogP contribution is 2.50. The minimum Gasteiger partial charge on any atom is -0.0530 e. The summed E-state index contributed by atoms with van der Waals surface area (Å²) in [4.78, 5) is 0. The summed E-state index contributed by atoms with van der Waals surface area (Å²) in [5.41, 5.74) is 9.50. The Labute approximate surface area is 125 Å². The fourth-order valence-corrected chi connectivity index (χ4v) is 5.11. The standard InChI is InChI=1S/C20H30/c1-12-13(2)15(4)20(16(5)14(12)3)19-10-17-8-6-7-9-18(17)11-19/h17-19H,6-11H2,1-5H3. The van der Waals surface area contributed by atoms with E-state index in [-0.39, 0.29) is 0 Å². The van der Waals surface area contributed by atoms with Crippen LogP contribution in [0.1, 0.15) is 77.8 Å². The minimum absolute atomic E-state index is 0.848. The quantitative estimate of drug-likeness (QED) is 0.595. The molecule has 0 heterocycles. The van der Waals surface area contributed by atoms with Crippen molar-refractivity contribution in [3.8, 4) is 0 Å². The van der Waals surface area contributed by atoms with Crippen molar-refractivity contribution in [2.75, 3.05) is 0 Å². The first-order chi connectivity index (χ1) is 9.50. The number of hydrogen-bond acceptors (Lipinski definition) is 0. The number of hydrogen-bond donors (Lipinski definition) is 0. The van der Waals surface area contributed by atoms with Crippen LogP contribution in [0.5, 0.6) is 0 Å². The van der Waals surface area contributed by atoms with Gasteiger partial charge < -0.3 is 0 Å². The molecule has 2 aliphatic carbocycles. The predicted octanol–water partition coefficient (Wildman–Crippen LogP) is 5.91. The van der Waals surface area contributed by atoms with Gasteiger partial charge in [0.2, 0.25) is 0 Å². The molecular formula is C20H30. The maximum absolute atomic E-state index is 2.37. The van der Waals surface area contributed by atoms with Gasteiger partial charge in [0.15, 0.2) is 0 Å². The molecule has 0 heteroatoms. The van der Waals surface area contributed by atoms with Gasteiger partial charge >= 0.3 is 0 Å². The molecule has 0 saturated heterocycles. The van der Waals surface area contributed by atoms with Gasteiger partial charge in [-0.2, -0.15) is 0 Å². The lowest BCUT2D eigenvalue weighted by atomic mass is 9.82. The SMILES string of the molecule is Cc1c(C)c(C)c(C2CC3CCCCC3C2)c(C)c1C. The molecule has 2 saturated carbocycles. The van der Waals surface area contributed by atoms with Crippen molar-refractivity contribution >= 4 is 0 Å². The number of fused-ring (bicyclic) bond motifs is 1. The van der Waals surface area contributed by atoms with Gasteiger partial charge in [-0.3, -0.25) is 0 Å². The third-order valence-electron chi connectivity index (χ3n) is 6.71. The van der Waals surface area contributed by atoms with Gasteiger partial charge in [-0.05, 0) is 98.6 Å². The van der Waals surface area contributed by atoms with E-state index in [1.165, 1.54) is 55.2 Å². The molecule has 1 aromatic carbocycles. The Balaban J connectivity index is 1.99. The smallest absolute Gasteiger partial charge is 0.0151 e. The van der Waals surface area contributed by atoms with E-state index in [9.17, 15) is 0 Å². The van der Waals surface area contributed by atoms with E-state index >= 15 is 0 Å². The van der Waals surface area contributed by atoms with Crippen LogP contribution in [0.3, 0.4) is 0 Å². The molecule has 2 fully saturated rings. The van der Waals surface area contributed by atoms with E-state index in [2.05, 4.69) is 34.6 Å². The van der Waals surface area contributed by atoms with Crippen molar-refractivity contribution in [2.45, 2.75) is 79.1 Å². The van der Waals surface area contributed by atoms with Gasteiger partial charge in [-0.15, -0.1) is 0 Å². The largest absolute Gasteiger partial charge is 0.0530 e. The van der Waals surface area contributed by atoms with Crippen molar-refractivity contribution in [2.24, 2.45) is 11.8 Å². The normalized spacial score (nSPS) is 29.6. The molecule has 0 bridgehead atoms. The van der Waals surface area contributed by atoms with Gasteiger partial charge in [0, 0.05) is 0 Å². The lowest BCUT2D eigenvalue weighted by Crippen LogP contribution is -2.12. The maximum atomic E-state index is 2.37. The van der Waals surface area contributed by atoms with Gasteiger partial charge in [-0.1, -0.05) is 25.7 Å². The molecule has 0 aromatic heterocycles. The zero-order chi connectivity index (χ0) is 14.4. The Bertz CT molecular complexity index is 480. The highest BCUT2D eigenvalue weighted by atomic mass is 14.4. The molecule has 110 valence electrons. The highest BCUT2D eigenvalue weighted by molar-refractivity contribution is 5.51. The zero-order valence-corrected chi connectivity index (χ0v) is 14.0. The molecule has 20 heavy (non-hydrogen) atoms. The van der Waals surface area contributed by atoms with Crippen LogP contribution in [0.4, 0.5) is 0 Å². The van der Waals surface area contributed by atoms with Crippen molar-refractivity contribution in [3.63, 3.8) is 0 Å². The Morgan fingerprint density at radius 3 is 1.45 bits per heavy atom. The van der Waals surface area contributed by atoms with E-state index in [1.54, 1.807) is 16.7 Å². The predicted molar refractivity (Wildman–Crippen MR) is 87.6 cm³/mol. The van der Waals surface area contributed by atoms with E-state index < -0.39 is 0 Å². The van der Waals surface area contributed by atoms with Gasteiger partial charge in [0.25, 0.3) is 0 Å². The second kappa shape index (κ2) is 5.20. The van der Waals surface area contributed by atoms with Crippen molar-refractivity contribution in [1.82, 2.24) is 0 Å². The van der Waals surface area contributed by atoms with E-state index in [0.29, 0.717) is 0 Å². The summed E-state index contributed by atoms with van der Waals surface area (Å²) in [6.07, 6.45) is 8.91. The Hall–Kier alpha value is -0.780. The molecule has 0 spiro atoms. The number of rotatable bonds is 1. The van der Waals surface area contributed by atoms with Gasteiger partial charge in [0.1, 0.15) is 0 Å². The maximum Gasteiger partial charge on any atom is -0.0151 e. The van der Waals surface area contributed by atoms with Crippen LogP contribution in [0.15, 0.2) is 0 Å². The van der Waals surface area contributed by atoms with Crippen LogP contribution < -0.4 is 0 Å². The molecule has 0 aliphatic heterocycles. The monoisotopic (exact) mass is 270 g/mol. The summed E-state index contributed by atoms with van der Waals surface area (Å²) in [6, 6.07) is 0. The molecule has 0 N–H and O–H groups in total. The molecule has 0 radical (unpaired) electrons. The van der Waals surface area contributed by atoms with Crippen LogP contribution >= 0.6 is 0 Å². The van der Waals surface area contributed by atoms with Crippen LogP contribution in [0.25, 0.3) is 0 Å². The summed E-state index contributed by atoms with van der Waals surface area (Å²) >= 11 is 0. The van der Waals surface area contributed by atoms with Crippen molar-refractivity contribution in [1.29, 1.82) is 0 Å². The molecule has 0 amide bonds. The van der Waals surface area contributed by atoms with Gasteiger partial charge in [-0.25, -0.2) is 0 Å². The highest BCUT2D eigenvalue weighted by Gasteiger charge is 2.37. The van der Waals surface area contributed by atoms with E-state index in [1.807, 2.05) is 0 Å². The van der Waals surface area contributed by atoms with Crippen LogP contribution in [-0.4, -0.2) is 0 Å².